The van der Waals surface area contributed by atoms with Gasteiger partial charge in [0.2, 0.25) is 0 Å². The van der Waals surface area contributed by atoms with E-state index in [1.165, 1.54) is 6.08 Å². The molecule has 0 radical (unpaired) electrons. The topological polar surface area (TPSA) is 98.6 Å². The molecule has 2 aromatic carbocycles. The molecule has 0 fully saturated rings. The average Bonchev–Trinajstić information content (AvgIpc) is 2.72. The Bertz CT molecular complexity index is 894. The average molecular weight is 415 g/mol. The summed E-state index contributed by atoms with van der Waals surface area (Å²) in [5.41, 5.74) is 3.68. The SMILES string of the molecule is CNc1ccc(Oc2cc(Cl)cc(/C=C/C#N)c2)c(OCCN/C=C\CNO)c1. The van der Waals surface area contributed by atoms with E-state index in [1.54, 1.807) is 36.6 Å². The van der Waals surface area contributed by atoms with Crippen LogP contribution in [0.15, 0.2) is 54.8 Å². The molecule has 0 saturated carbocycles. The number of anilines is 1. The van der Waals surface area contributed by atoms with Crippen LogP contribution in [0.25, 0.3) is 6.08 Å². The van der Waals surface area contributed by atoms with E-state index in [1.807, 2.05) is 36.8 Å². The number of nitrogens with one attached hydrogen (secondary N) is 3. The molecule has 0 heterocycles. The largest absolute Gasteiger partial charge is 0.488 e. The first-order valence-electron chi connectivity index (χ1n) is 8.91. The highest BCUT2D eigenvalue weighted by atomic mass is 35.5. The van der Waals surface area contributed by atoms with Gasteiger partial charge in [0.1, 0.15) is 12.4 Å². The molecular weight excluding hydrogens is 392 g/mol. The van der Waals surface area contributed by atoms with Crippen LogP contribution >= 0.6 is 11.6 Å². The van der Waals surface area contributed by atoms with Gasteiger partial charge in [-0.3, -0.25) is 0 Å². The third kappa shape index (κ3) is 7.76. The normalized spacial score (nSPS) is 10.8. The van der Waals surface area contributed by atoms with Crippen molar-refractivity contribution >= 4 is 23.4 Å². The molecule has 0 spiro atoms. The summed E-state index contributed by atoms with van der Waals surface area (Å²) in [5.74, 6) is 1.66. The molecule has 4 N–H and O–H groups in total. The monoisotopic (exact) mass is 414 g/mol. The number of benzene rings is 2. The second kappa shape index (κ2) is 12.3. The van der Waals surface area contributed by atoms with Gasteiger partial charge in [0.15, 0.2) is 11.5 Å². The van der Waals surface area contributed by atoms with Gasteiger partial charge >= 0.3 is 0 Å². The van der Waals surface area contributed by atoms with Crippen molar-refractivity contribution in [1.29, 1.82) is 5.26 Å². The van der Waals surface area contributed by atoms with Crippen LogP contribution in [0.4, 0.5) is 5.69 Å². The van der Waals surface area contributed by atoms with Gasteiger partial charge < -0.3 is 25.3 Å². The van der Waals surface area contributed by atoms with E-state index in [4.69, 9.17) is 31.5 Å². The summed E-state index contributed by atoms with van der Waals surface area (Å²) in [6.45, 7) is 1.35. The summed E-state index contributed by atoms with van der Waals surface area (Å²) in [5, 5.41) is 23.8. The van der Waals surface area contributed by atoms with Crippen LogP contribution in [0.5, 0.6) is 17.2 Å². The molecule has 0 aliphatic rings. The van der Waals surface area contributed by atoms with Crippen molar-refractivity contribution in [2.75, 3.05) is 32.1 Å². The number of hydrogen-bond donors (Lipinski definition) is 4. The Kier molecular flexibility index (Phi) is 9.39. The lowest BCUT2D eigenvalue weighted by molar-refractivity contribution is 0.179. The highest BCUT2D eigenvalue weighted by Crippen LogP contribution is 2.35. The zero-order valence-electron chi connectivity index (χ0n) is 16.0. The number of nitriles is 1. The van der Waals surface area contributed by atoms with Gasteiger partial charge in [-0.2, -0.15) is 5.26 Å². The predicted molar refractivity (Wildman–Crippen MR) is 115 cm³/mol. The second-order valence-electron chi connectivity index (χ2n) is 5.76. The molecule has 0 aliphatic carbocycles. The lowest BCUT2D eigenvalue weighted by Crippen LogP contribution is -2.16. The number of allylic oxidation sites excluding steroid dienone is 1. The fourth-order valence-electron chi connectivity index (χ4n) is 2.36. The summed E-state index contributed by atoms with van der Waals surface area (Å²) >= 11 is 6.16. The van der Waals surface area contributed by atoms with Crippen LogP contribution < -0.4 is 25.6 Å². The van der Waals surface area contributed by atoms with Gasteiger partial charge in [-0.25, -0.2) is 5.48 Å². The Labute approximate surface area is 175 Å². The minimum atomic E-state index is 0.362. The number of hydrogen-bond acceptors (Lipinski definition) is 7. The molecule has 7 nitrogen and oxygen atoms in total. The van der Waals surface area contributed by atoms with E-state index in [9.17, 15) is 0 Å². The molecule has 0 amide bonds. The number of rotatable bonds is 11. The van der Waals surface area contributed by atoms with E-state index in [2.05, 4.69) is 10.6 Å². The molecule has 152 valence electrons. The van der Waals surface area contributed by atoms with Crippen LogP contribution in [0, 0.1) is 11.3 Å². The van der Waals surface area contributed by atoms with Crippen molar-refractivity contribution in [3.8, 4) is 23.3 Å². The zero-order chi connectivity index (χ0) is 20.9. The highest BCUT2D eigenvalue weighted by molar-refractivity contribution is 6.30. The summed E-state index contributed by atoms with van der Waals surface area (Å²) in [6.07, 6.45) is 6.51. The van der Waals surface area contributed by atoms with E-state index >= 15 is 0 Å². The van der Waals surface area contributed by atoms with Crippen molar-refractivity contribution in [2.24, 2.45) is 0 Å². The van der Waals surface area contributed by atoms with Crippen molar-refractivity contribution in [1.82, 2.24) is 10.8 Å². The van der Waals surface area contributed by atoms with Gasteiger partial charge in [0, 0.05) is 43.0 Å². The molecule has 0 bridgehead atoms. The molecule has 29 heavy (non-hydrogen) atoms. The van der Waals surface area contributed by atoms with E-state index < -0.39 is 0 Å². The van der Waals surface area contributed by atoms with Gasteiger partial charge in [-0.1, -0.05) is 17.7 Å². The Balaban J connectivity index is 2.11. The zero-order valence-corrected chi connectivity index (χ0v) is 16.7. The third-order valence-electron chi connectivity index (χ3n) is 3.65. The molecule has 0 atom stereocenters. The van der Waals surface area contributed by atoms with Crippen LogP contribution in [0.3, 0.4) is 0 Å². The van der Waals surface area contributed by atoms with Gasteiger partial charge in [-0.15, -0.1) is 0 Å². The second-order valence-corrected chi connectivity index (χ2v) is 6.20. The Morgan fingerprint density at radius 3 is 2.83 bits per heavy atom. The minimum absolute atomic E-state index is 0.362. The van der Waals surface area contributed by atoms with E-state index in [0.717, 1.165) is 11.3 Å². The van der Waals surface area contributed by atoms with Crippen LogP contribution in [-0.4, -0.2) is 32.0 Å². The Hall–Kier alpha value is -3.18. The maximum atomic E-state index is 8.70. The highest BCUT2D eigenvalue weighted by Gasteiger charge is 2.09. The number of halogens is 1. The Morgan fingerprint density at radius 2 is 2.07 bits per heavy atom. The lowest BCUT2D eigenvalue weighted by atomic mass is 10.2. The molecule has 0 saturated heterocycles. The van der Waals surface area contributed by atoms with E-state index in [-0.39, 0.29) is 0 Å². The Morgan fingerprint density at radius 1 is 1.21 bits per heavy atom. The first kappa shape index (κ1) is 22.1. The smallest absolute Gasteiger partial charge is 0.169 e. The number of ether oxygens (including phenoxy) is 2. The van der Waals surface area contributed by atoms with Crippen molar-refractivity contribution in [3.63, 3.8) is 0 Å². The summed E-state index contributed by atoms with van der Waals surface area (Å²) in [4.78, 5) is 0. The fraction of sp³-hybridized carbons (Fsp3) is 0.190. The van der Waals surface area contributed by atoms with Crippen LogP contribution in [-0.2, 0) is 0 Å². The quantitative estimate of drug-likeness (QED) is 0.249. The molecular formula is C21H23ClN4O3. The maximum absolute atomic E-state index is 8.70. The minimum Gasteiger partial charge on any atom is -0.488 e. The van der Waals surface area contributed by atoms with Crippen LogP contribution in [0.1, 0.15) is 5.56 Å². The summed E-state index contributed by atoms with van der Waals surface area (Å²) < 4.78 is 11.9. The molecule has 0 aliphatic heterocycles. The molecule has 0 aromatic heterocycles. The lowest BCUT2D eigenvalue weighted by Gasteiger charge is -2.15. The molecule has 8 heteroatoms. The summed E-state index contributed by atoms with van der Waals surface area (Å²) in [7, 11) is 1.83. The third-order valence-corrected chi connectivity index (χ3v) is 3.87. The van der Waals surface area contributed by atoms with Crippen LogP contribution in [0.2, 0.25) is 5.02 Å². The van der Waals surface area contributed by atoms with E-state index in [0.29, 0.717) is 42.0 Å². The molecule has 2 rings (SSSR count). The van der Waals surface area contributed by atoms with Crippen molar-refractivity contribution < 1.29 is 14.7 Å². The number of nitrogens with zero attached hydrogens (tertiary/aromatic N) is 1. The van der Waals surface area contributed by atoms with Gasteiger partial charge in [-0.05, 0) is 48.2 Å². The van der Waals surface area contributed by atoms with Crippen molar-refractivity contribution in [2.45, 2.75) is 0 Å². The standard InChI is InChI=1S/C21H23ClN4O3/c1-24-18-5-6-20(21(15-18)28-11-10-25-8-3-9-26-27)29-19-13-16(4-2-7-23)12-17(22)14-19/h2-6,8,12-15,24-27H,9-11H2,1H3/b4-2+,8-3-. The maximum Gasteiger partial charge on any atom is 0.169 e. The molecule has 0 unspecified atom stereocenters. The predicted octanol–water partition coefficient (Wildman–Crippen LogP) is 4.17. The fourth-order valence-corrected chi connectivity index (χ4v) is 2.59. The first-order chi connectivity index (χ1) is 14.2. The summed E-state index contributed by atoms with van der Waals surface area (Å²) in [6, 6.07) is 12.7. The molecule has 2 aromatic rings. The van der Waals surface area contributed by atoms with Crippen molar-refractivity contribution in [3.05, 3.63) is 65.3 Å². The number of hydroxylamine groups is 1. The van der Waals surface area contributed by atoms with Gasteiger partial charge in [0.05, 0.1) is 6.07 Å². The van der Waals surface area contributed by atoms with Gasteiger partial charge in [0.25, 0.3) is 0 Å². The first-order valence-corrected chi connectivity index (χ1v) is 9.28.